The lowest BCUT2D eigenvalue weighted by molar-refractivity contribution is 0.114. The molecule has 4 heteroatoms. The molecule has 11 heavy (non-hydrogen) atoms. The van der Waals surface area contributed by atoms with Crippen LogP contribution in [-0.2, 0) is 4.83 Å². The highest BCUT2D eigenvalue weighted by Gasteiger charge is 2.26. The molecule has 0 nitrogen and oxygen atoms in total. The Morgan fingerprint density at radius 2 is 1.64 bits per heavy atom. The van der Waals surface area contributed by atoms with Crippen molar-refractivity contribution in [1.29, 1.82) is 0 Å². The zero-order chi connectivity index (χ0) is 8.48. The molecule has 0 spiro atoms. The number of halogens is 3. The number of hydrogen-bond donors (Lipinski definition) is 1. The summed E-state index contributed by atoms with van der Waals surface area (Å²) < 4.78 is 25.0. The predicted octanol–water partition coefficient (Wildman–Crippen LogP) is 3.42. The summed E-state index contributed by atoms with van der Waals surface area (Å²) in [5, 5.41) is 0. The van der Waals surface area contributed by atoms with Crippen LogP contribution in [0.2, 0.25) is 0 Å². The van der Waals surface area contributed by atoms with Gasteiger partial charge in [-0.1, -0.05) is 12.1 Å². The van der Waals surface area contributed by atoms with Crippen LogP contribution >= 0.6 is 28.6 Å². The van der Waals surface area contributed by atoms with Crippen LogP contribution in [0.15, 0.2) is 29.2 Å². The van der Waals surface area contributed by atoms with Crippen LogP contribution in [0.5, 0.6) is 0 Å². The van der Waals surface area contributed by atoms with Crippen molar-refractivity contribution in [3.8, 4) is 0 Å². The van der Waals surface area contributed by atoms with Gasteiger partial charge in [0.25, 0.3) is 0 Å². The molecule has 1 rings (SSSR count). The molecule has 60 valence electrons. The van der Waals surface area contributed by atoms with Crippen LogP contribution in [0, 0.1) is 0 Å². The van der Waals surface area contributed by atoms with Crippen LogP contribution < -0.4 is 0 Å². The molecule has 0 saturated heterocycles. The molecule has 0 fully saturated rings. The molecule has 0 atom stereocenters. The molecular formula is C7H5BrF2S. The van der Waals surface area contributed by atoms with Gasteiger partial charge in [0.05, 0.1) is 0 Å². The summed E-state index contributed by atoms with van der Waals surface area (Å²) in [5.41, 5.74) is -0.0599. The highest BCUT2D eigenvalue weighted by atomic mass is 79.9. The van der Waals surface area contributed by atoms with E-state index in [4.69, 9.17) is 0 Å². The smallest absolute Gasteiger partial charge is 0.188 e. The third-order valence-corrected chi connectivity index (χ3v) is 1.95. The van der Waals surface area contributed by atoms with Gasteiger partial charge in [-0.25, -0.2) is 0 Å². The minimum atomic E-state index is -2.94. The number of thiol groups is 1. The first kappa shape index (κ1) is 9.00. The summed E-state index contributed by atoms with van der Waals surface area (Å²) in [4.78, 5) is -2.26. The van der Waals surface area contributed by atoms with Gasteiger partial charge in [-0.3, -0.25) is 0 Å². The van der Waals surface area contributed by atoms with Gasteiger partial charge >= 0.3 is 4.83 Å². The molecule has 0 bridgehead atoms. The lowest BCUT2D eigenvalue weighted by Crippen LogP contribution is -2.01. The Balaban J connectivity index is 2.99. The van der Waals surface area contributed by atoms with Crippen molar-refractivity contribution in [2.75, 3.05) is 0 Å². The zero-order valence-electron chi connectivity index (χ0n) is 5.39. The molecule has 1 aromatic rings. The average Bonchev–Trinajstić information content (AvgIpc) is 1.86. The van der Waals surface area contributed by atoms with Gasteiger partial charge in [0, 0.05) is 10.5 Å². The van der Waals surface area contributed by atoms with E-state index < -0.39 is 4.83 Å². The molecule has 0 saturated carbocycles. The second-order valence-electron chi connectivity index (χ2n) is 2.04. The molecular weight excluding hydrogens is 234 g/mol. The standard InChI is InChI=1S/C7H5BrF2S/c8-7(9,10)5-1-3-6(11)4-2-5/h1-4,11H. The Kier molecular flexibility index (Phi) is 2.54. The maximum Gasteiger partial charge on any atom is 0.326 e. The van der Waals surface area contributed by atoms with Crippen LogP contribution in [0.4, 0.5) is 8.78 Å². The molecule has 1 aromatic carbocycles. The van der Waals surface area contributed by atoms with Gasteiger partial charge in [0.1, 0.15) is 0 Å². The van der Waals surface area contributed by atoms with Gasteiger partial charge in [0.15, 0.2) is 0 Å². The second kappa shape index (κ2) is 3.11. The van der Waals surface area contributed by atoms with E-state index in [9.17, 15) is 8.78 Å². The number of alkyl halides is 3. The summed E-state index contributed by atoms with van der Waals surface area (Å²) in [6.07, 6.45) is 0. The lowest BCUT2D eigenvalue weighted by Gasteiger charge is -2.07. The first-order valence-electron chi connectivity index (χ1n) is 2.86. The SMILES string of the molecule is FC(F)(Br)c1ccc(S)cc1. The number of hydrogen-bond acceptors (Lipinski definition) is 1. The van der Waals surface area contributed by atoms with Gasteiger partial charge in [0.2, 0.25) is 0 Å². The Labute approximate surface area is 77.2 Å². The summed E-state index contributed by atoms with van der Waals surface area (Å²) in [5.74, 6) is 0. The lowest BCUT2D eigenvalue weighted by atomic mass is 10.2. The predicted molar refractivity (Wildman–Crippen MR) is 46.5 cm³/mol. The fraction of sp³-hybridized carbons (Fsp3) is 0.143. The van der Waals surface area contributed by atoms with E-state index in [0.717, 1.165) is 0 Å². The topological polar surface area (TPSA) is 0 Å². The monoisotopic (exact) mass is 238 g/mol. The van der Waals surface area contributed by atoms with E-state index >= 15 is 0 Å². The summed E-state index contributed by atoms with van der Waals surface area (Å²) in [7, 11) is 0. The third kappa shape index (κ3) is 2.45. The highest BCUT2D eigenvalue weighted by Crippen LogP contribution is 2.34. The van der Waals surface area contributed by atoms with Crippen molar-refractivity contribution < 1.29 is 8.78 Å². The van der Waals surface area contributed by atoms with E-state index in [1.165, 1.54) is 24.3 Å². The number of benzene rings is 1. The molecule has 0 N–H and O–H groups in total. The third-order valence-electron chi connectivity index (χ3n) is 1.19. The Bertz CT molecular complexity index is 240. The fourth-order valence-electron chi connectivity index (χ4n) is 0.650. The Hall–Kier alpha value is -0.0900. The van der Waals surface area contributed by atoms with Crippen LogP contribution in [0.1, 0.15) is 5.56 Å². The van der Waals surface area contributed by atoms with E-state index in [1.54, 1.807) is 0 Å². The molecule has 0 amide bonds. The quantitative estimate of drug-likeness (QED) is 0.563. The molecule has 0 heterocycles. The van der Waals surface area contributed by atoms with Crippen molar-refractivity contribution in [1.82, 2.24) is 0 Å². The molecule has 0 aromatic heterocycles. The largest absolute Gasteiger partial charge is 0.326 e. The maximum absolute atomic E-state index is 12.5. The maximum atomic E-state index is 12.5. The van der Waals surface area contributed by atoms with Crippen molar-refractivity contribution in [3.05, 3.63) is 29.8 Å². The van der Waals surface area contributed by atoms with E-state index in [-0.39, 0.29) is 5.56 Å². The van der Waals surface area contributed by atoms with E-state index in [2.05, 4.69) is 28.6 Å². The fourth-order valence-corrected chi connectivity index (χ4v) is 1.06. The highest BCUT2D eigenvalue weighted by molar-refractivity contribution is 9.09. The van der Waals surface area contributed by atoms with Crippen LogP contribution in [0.25, 0.3) is 0 Å². The minimum absolute atomic E-state index is 0.0599. The van der Waals surface area contributed by atoms with Gasteiger partial charge < -0.3 is 0 Å². The van der Waals surface area contributed by atoms with Gasteiger partial charge in [-0.05, 0) is 28.1 Å². The minimum Gasteiger partial charge on any atom is -0.188 e. The van der Waals surface area contributed by atoms with Gasteiger partial charge in [-0.2, -0.15) is 8.78 Å². The first-order valence-corrected chi connectivity index (χ1v) is 4.10. The first-order chi connectivity index (χ1) is 5.00. The van der Waals surface area contributed by atoms with Crippen LogP contribution in [0.3, 0.4) is 0 Å². The van der Waals surface area contributed by atoms with Crippen molar-refractivity contribution in [2.45, 2.75) is 9.73 Å². The second-order valence-corrected chi connectivity index (χ2v) is 3.56. The Morgan fingerprint density at radius 1 is 1.18 bits per heavy atom. The van der Waals surface area contributed by atoms with E-state index in [1.807, 2.05) is 0 Å². The van der Waals surface area contributed by atoms with Crippen molar-refractivity contribution >= 4 is 28.6 Å². The van der Waals surface area contributed by atoms with Crippen molar-refractivity contribution in [2.24, 2.45) is 0 Å². The number of rotatable bonds is 1. The summed E-state index contributed by atoms with van der Waals surface area (Å²) in [6, 6.07) is 5.70. The molecule has 0 radical (unpaired) electrons. The molecule has 0 aliphatic carbocycles. The van der Waals surface area contributed by atoms with Crippen LogP contribution in [-0.4, -0.2) is 0 Å². The van der Waals surface area contributed by atoms with E-state index in [0.29, 0.717) is 4.90 Å². The summed E-state index contributed by atoms with van der Waals surface area (Å²) in [6.45, 7) is 0. The van der Waals surface area contributed by atoms with Gasteiger partial charge in [-0.15, -0.1) is 12.6 Å². The average molecular weight is 239 g/mol. The van der Waals surface area contributed by atoms with Crippen molar-refractivity contribution in [3.63, 3.8) is 0 Å². The normalized spacial score (nSPS) is 11.6. The molecule has 0 aliphatic rings. The zero-order valence-corrected chi connectivity index (χ0v) is 7.87. The Morgan fingerprint density at radius 3 is 2.00 bits per heavy atom. The summed E-state index contributed by atoms with van der Waals surface area (Å²) >= 11 is 6.22. The molecule has 0 aliphatic heterocycles. The molecule has 0 unspecified atom stereocenters.